The van der Waals surface area contributed by atoms with Gasteiger partial charge in [-0.15, -0.1) is 0 Å². The van der Waals surface area contributed by atoms with E-state index in [2.05, 4.69) is 10.6 Å². The van der Waals surface area contributed by atoms with Crippen LogP contribution in [-0.2, 0) is 4.74 Å². The van der Waals surface area contributed by atoms with E-state index in [-0.39, 0.29) is 6.03 Å². The first-order valence-corrected chi connectivity index (χ1v) is 8.57. The molecule has 2 N–H and O–H groups in total. The highest BCUT2D eigenvalue weighted by Gasteiger charge is 2.13. The monoisotopic (exact) mass is 340 g/mol. The van der Waals surface area contributed by atoms with Crippen LogP contribution in [0.25, 0.3) is 0 Å². The standard InChI is InChI=1S/C17H25ClN2O3/c1-22-16-9-8-13(12-15(16)18)20-17(21)19-10-5-11-23-14-6-3-2-4-7-14/h8-9,12,14H,2-7,10-11H2,1H3,(H2,19,20,21). The summed E-state index contributed by atoms with van der Waals surface area (Å²) in [5.74, 6) is 0.581. The Balaban J connectivity index is 1.60. The lowest BCUT2D eigenvalue weighted by atomic mass is 9.98. The van der Waals surface area contributed by atoms with E-state index in [4.69, 9.17) is 21.1 Å². The molecule has 0 heterocycles. The Labute approximate surface area is 142 Å². The summed E-state index contributed by atoms with van der Waals surface area (Å²) in [6, 6.07) is 4.88. The molecule has 2 rings (SSSR count). The summed E-state index contributed by atoms with van der Waals surface area (Å²) < 4.78 is 10.9. The molecule has 0 atom stereocenters. The van der Waals surface area contributed by atoms with Crippen LogP contribution >= 0.6 is 11.6 Å². The number of carbonyl (C=O) groups excluding carboxylic acids is 1. The number of rotatable bonds is 7. The van der Waals surface area contributed by atoms with Crippen LogP contribution < -0.4 is 15.4 Å². The van der Waals surface area contributed by atoms with Crippen molar-refractivity contribution in [1.29, 1.82) is 0 Å². The van der Waals surface area contributed by atoms with Gasteiger partial charge in [-0.25, -0.2) is 4.79 Å². The molecule has 0 aromatic heterocycles. The third kappa shape index (κ3) is 6.28. The van der Waals surface area contributed by atoms with Crippen molar-refractivity contribution < 1.29 is 14.3 Å². The first-order chi connectivity index (χ1) is 11.2. The van der Waals surface area contributed by atoms with E-state index in [0.717, 1.165) is 6.42 Å². The summed E-state index contributed by atoms with van der Waals surface area (Å²) in [6.07, 6.45) is 7.45. The van der Waals surface area contributed by atoms with Crippen LogP contribution in [0.5, 0.6) is 5.75 Å². The number of hydrogen-bond acceptors (Lipinski definition) is 3. The smallest absolute Gasteiger partial charge is 0.319 e. The van der Waals surface area contributed by atoms with Crippen LogP contribution in [0.4, 0.5) is 10.5 Å². The quantitative estimate of drug-likeness (QED) is 0.731. The molecule has 0 radical (unpaired) electrons. The predicted molar refractivity (Wildman–Crippen MR) is 92.5 cm³/mol. The Morgan fingerprint density at radius 2 is 2.09 bits per heavy atom. The number of ether oxygens (including phenoxy) is 2. The normalized spacial score (nSPS) is 15.2. The molecule has 0 saturated heterocycles. The maximum atomic E-state index is 11.8. The Bertz CT molecular complexity index is 505. The molecular formula is C17H25ClN2O3. The number of hydrogen-bond donors (Lipinski definition) is 2. The fourth-order valence-electron chi connectivity index (χ4n) is 2.68. The van der Waals surface area contributed by atoms with Crippen LogP contribution in [0.15, 0.2) is 18.2 Å². The van der Waals surface area contributed by atoms with Gasteiger partial charge in [0, 0.05) is 18.8 Å². The van der Waals surface area contributed by atoms with Crippen LogP contribution in [0.1, 0.15) is 38.5 Å². The summed E-state index contributed by atoms with van der Waals surface area (Å²) in [5, 5.41) is 6.02. The highest BCUT2D eigenvalue weighted by Crippen LogP contribution is 2.27. The number of methoxy groups -OCH3 is 1. The van der Waals surface area contributed by atoms with Crippen molar-refractivity contribution in [3.63, 3.8) is 0 Å². The Morgan fingerprint density at radius 1 is 1.30 bits per heavy atom. The van der Waals surface area contributed by atoms with Gasteiger partial charge >= 0.3 is 6.03 Å². The lowest BCUT2D eigenvalue weighted by Crippen LogP contribution is -2.30. The summed E-state index contributed by atoms with van der Waals surface area (Å²) in [4.78, 5) is 11.8. The van der Waals surface area contributed by atoms with Gasteiger partial charge in [0.25, 0.3) is 0 Å². The zero-order valence-corrected chi connectivity index (χ0v) is 14.3. The molecule has 1 fully saturated rings. The maximum absolute atomic E-state index is 11.8. The molecule has 1 aliphatic carbocycles. The molecule has 1 saturated carbocycles. The third-order valence-corrected chi connectivity index (χ3v) is 4.22. The largest absolute Gasteiger partial charge is 0.495 e. The molecule has 1 aromatic rings. The Morgan fingerprint density at radius 3 is 2.78 bits per heavy atom. The van der Waals surface area contributed by atoms with Gasteiger partial charge in [-0.05, 0) is 37.5 Å². The minimum absolute atomic E-state index is 0.246. The number of halogens is 1. The van der Waals surface area contributed by atoms with Gasteiger partial charge in [-0.2, -0.15) is 0 Å². The third-order valence-electron chi connectivity index (χ3n) is 3.92. The van der Waals surface area contributed by atoms with Crippen molar-refractivity contribution in [2.24, 2.45) is 0 Å². The van der Waals surface area contributed by atoms with E-state index in [9.17, 15) is 4.79 Å². The minimum atomic E-state index is -0.246. The fourth-order valence-corrected chi connectivity index (χ4v) is 2.93. The van der Waals surface area contributed by atoms with Gasteiger partial charge in [-0.3, -0.25) is 0 Å². The summed E-state index contributed by atoms with van der Waals surface area (Å²) in [5.41, 5.74) is 0.631. The zero-order valence-electron chi connectivity index (χ0n) is 13.6. The molecule has 1 aromatic carbocycles. The summed E-state index contributed by atoms with van der Waals surface area (Å²) in [6.45, 7) is 1.28. The van der Waals surface area contributed by atoms with Crippen LogP contribution in [-0.4, -0.2) is 32.4 Å². The molecule has 128 valence electrons. The molecule has 0 unspecified atom stereocenters. The second-order valence-corrected chi connectivity index (χ2v) is 6.12. The second-order valence-electron chi connectivity index (χ2n) is 5.71. The molecule has 2 amide bonds. The molecule has 23 heavy (non-hydrogen) atoms. The number of carbonyl (C=O) groups is 1. The molecule has 1 aliphatic rings. The first kappa shape index (κ1) is 17.9. The average Bonchev–Trinajstić information content (AvgIpc) is 2.56. The fraction of sp³-hybridized carbons (Fsp3) is 0.588. The first-order valence-electron chi connectivity index (χ1n) is 8.19. The summed E-state index contributed by atoms with van der Waals surface area (Å²) >= 11 is 6.02. The number of urea groups is 1. The SMILES string of the molecule is COc1ccc(NC(=O)NCCCOC2CCCCC2)cc1Cl. The lowest BCUT2D eigenvalue weighted by molar-refractivity contribution is 0.0276. The molecular weight excluding hydrogens is 316 g/mol. The van der Waals surface area contributed by atoms with Gasteiger partial charge < -0.3 is 20.1 Å². The van der Waals surface area contributed by atoms with E-state index in [1.54, 1.807) is 25.3 Å². The van der Waals surface area contributed by atoms with E-state index in [1.807, 2.05) is 0 Å². The molecule has 6 heteroatoms. The minimum Gasteiger partial charge on any atom is -0.495 e. The number of nitrogens with one attached hydrogen (secondary N) is 2. The van der Waals surface area contributed by atoms with Gasteiger partial charge in [-0.1, -0.05) is 30.9 Å². The predicted octanol–water partition coefficient (Wildman–Crippen LogP) is 4.21. The molecule has 0 spiro atoms. The van der Waals surface area contributed by atoms with Gasteiger partial charge in [0.15, 0.2) is 0 Å². The number of amides is 2. The Kier molecular flexibility index (Phi) is 7.49. The van der Waals surface area contributed by atoms with E-state index in [1.165, 1.54) is 32.1 Å². The van der Waals surface area contributed by atoms with E-state index < -0.39 is 0 Å². The van der Waals surface area contributed by atoms with Crippen molar-refractivity contribution in [2.45, 2.75) is 44.6 Å². The topological polar surface area (TPSA) is 59.6 Å². The van der Waals surface area contributed by atoms with Gasteiger partial charge in [0.05, 0.1) is 18.2 Å². The number of benzene rings is 1. The zero-order chi connectivity index (χ0) is 16.5. The van der Waals surface area contributed by atoms with Crippen molar-refractivity contribution in [3.8, 4) is 5.75 Å². The van der Waals surface area contributed by atoms with Crippen molar-refractivity contribution in [3.05, 3.63) is 23.2 Å². The van der Waals surface area contributed by atoms with Crippen molar-refractivity contribution in [2.75, 3.05) is 25.6 Å². The van der Waals surface area contributed by atoms with Crippen LogP contribution in [0.2, 0.25) is 5.02 Å². The molecule has 5 nitrogen and oxygen atoms in total. The van der Waals surface area contributed by atoms with E-state index >= 15 is 0 Å². The van der Waals surface area contributed by atoms with Crippen LogP contribution in [0, 0.1) is 0 Å². The summed E-state index contributed by atoms with van der Waals surface area (Å²) in [7, 11) is 1.55. The van der Waals surface area contributed by atoms with E-state index in [0.29, 0.717) is 35.7 Å². The average molecular weight is 341 g/mol. The Hall–Kier alpha value is -1.46. The number of anilines is 1. The van der Waals surface area contributed by atoms with Crippen molar-refractivity contribution in [1.82, 2.24) is 5.32 Å². The highest BCUT2D eigenvalue weighted by molar-refractivity contribution is 6.32. The van der Waals surface area contributed by atoms with Gasteiger partial charge in [0.1, 0.15) is 5.75 Å². The molecule has 0 bridgehead atoms. The lowest BCUT2D eigenvalue weighted by Gasteiger charge is -2.21. The maximum Gasteiger partial charge on any atom is 0.319 e. The van der Waals surface area contributed by atoms with Gasteiger partial charge in [0.2, 0.25) is 0 Å². The van der Waals surface area contributed by atoms with Crippen molar-refractivity contribution >= 4 is 23.3 Å². The molecule has 0 aliphatic heterocycles. The highest BCUT2D eigenvalue weighted by atomic mass is 35.5. The second kappa shape index (κ2) is 9.63. The van der Waals surface area contributed by atoms with Crippen LogP contribution in [0.3, 0.4) is 0 Å².